The van der Waals surface area contributed by atoms with E-state index < -0.39 is 0 Å². The third-order valence-electron chi connectivity index (χ3n) is 3.83. The summed E-state index contributed by atoms with van der Waals surface area (Å²) in [6, 6.07) is 0.330. The highest BCUT2D eigenvalue weighted by molar-refractivity contribution is 5.33. The Hall–Kier alpha value is -1.68. The van der Waals surface area contributed by atoms with Crippen molar-refractivity contribution in [2.24, 2.45) is 11.5 Å². The zero-order chi connectivity index (χ0) is 15.1. The first-order valence-corrected chi connectivity index (χ1v) is 7.13. The smallest absolute Gasteiger partial charge is 0.0536 e. The molecule has 1 atom stereocenters. The van der Waals surface area contributed by atoms with E-state index in [4.69, 9.17) is 11.5 Å². The van der Waals surface area contributed by atoms with Gasteiger partial charge in [0, 0.05) is 37.1 Å². The van der Waals surface area contributed by atoms with Gasteiger partial charge in [-0.25, -0.2) is 0 Å². The van der Waals surface area contributed by atoms with Crippen LogP contribution in [0.1, 0.15) is 33.6 Å². The topological polar surface area (TPSA) is 76.1 Å². The van der Waals surface area contributed by atoms with Gasteiger partial charge in [0.05, 0.1) is 5.70 Å². The van der Waals surface area contributed by atoms with Gasteiger partial charge in [-0.15, -0.1) is 0 Å². The number of nitrogens with one attached hydrogen (secondary N) is 2. The molecule has 0 saturated heterocycles. The lowest BCUT2D eigenvalue weighted by Gasteiger charge is -2.18. The van der Waals surface area contributed by atoms with Crippen LogP contribution in [0.5, 0.6) is 0 Å². The molecule has 6 N–H and O–H groups in total. The first kappa shape index (κ1) is 16.4. The van der Waals surface area contributed by atoms with Crippen molar-refractivity contribution >= 4 is 0 Å². The second kappa shape index (κ2) is 7.80. The summed E-state index contributed by atoms with van der Waals surface area (Å²) in [5.74, 6) is 0. The molecule has 0 spiro atoms. The molecular formula is C16H28N4. The Labute approximate surface area is 122 Å². The lowest BCUT2D eigenvalue weighted by molar-refractivity contribution is 0.610. The van der Waals surface area contributed by atoms with Gasteiger partial charge in [0.15, 0.2) is 0 Å². The van der Waals surface area contributed by atoms with Crippen molar-refractivity contribution in [2.45, 2.75) is 39.7 Å². The maximum atomic E-state index is 6.12. The molecule has 1 rings (SSSR count). The zero-order valence-corrected chi connectivity index (χ0v) is 13.1. The van der Waals surface area contributed by atoms with Crippen molar-refractivity contribution in [3.63, 3.8) is 0 Å². The second-order valence-corrected chi connectivity index (χ2v) is 5.34. The van der Waals surface area contributed by atoms with Gasteiger partial charge >= 0.3 is 0 Å². The molecule has 4 heteroatoms. The van der Waals surface area contributed by atoms with E-state index in [-0.39, 0.29) is 0 Å². The fourth-order valence-corrected chi connectivity index (χ4v) is 2.20. The fraction of sp³-hybridized carbons (Fsp3) is 0.500. The Morgan fingerprint density at radius 1 is 1.40 bits per heavy atom. The lowest BCUT2D eigenvalue weighted by atomic mass is 10.0. The van der Waals surface area contributed by atoms with Crippen LogP contribution in [0.15, 0.2) is 46.5 Å². The van der Waals surface area contributed by atoms with Gasteiger partial charge in [-0.3, -0.25) is 0 Å². The predicted octanol–water partition coefficient (Wildman–Crippen LogP) is 1.88. The van der Waals surface area contributed by atoms with E-state index in [2.05, 4.69) is 36.6 Å². The molecule has 4 nitrogen and oxygen atoms in total. The maximum absolute atomic E-state index is 6.12. The van der Waals surface area contributed by atoms with Gasteiger partial charge in [0.1, 0.15) is 0 Å². The van der Waals surface area contributed by atoms with Crippen LogP contribution in [-0.2, 0) is 0 Å². The Bertz CT molecular complexity index is 455. The minimum absolute atomic E-state index is 0.330. The van der Waals surface area contributed by atoms with Gasteiger partial charge in [0.2, 0.25) is 0 Å². The number of allylic oxidation sites excluding steroid dienone is 4. The van der Waals surface area contributed by atoms with Crippen molar-refractivity contribution in [3.8, 4) is 0 Å². The average molecular weight is 276 g/mol. The Morgan fingerprint density at radius 3 is 2.70 bits per heavy atom. The molecule has 0 aromatic rings. The molecule has 1 aliphatic rings. The van der Waals surface area contributed by atoms with Crippen LogP contribution in [0.3, 0.4) is 0 Å². The molecule has 0 heterocycles. The summed E-state index contributed by atoms with van der Waals surface area (Å²) in [7, 11) is 1.87. The van der Waals surface area contributed by atoms with Crippen LogP contribution in [0.2, 0.25) is 0 Å². The van der Waals surface area contributed by atoms with E-state index in [1.165, 1.54) is 11.1 Å². The van der Waals surface area contributed by atoms with E-state index in [0.717, 1.165) is 24.1 Å². The van der Waals surface area contributed by atoms with Gasteiger partial charge < -0.3 is 22.1 Å². The van der Waals surface area contributed by atoms with Crippen molar-refractivity contribution in [2.75, 3.05) is 13.6 Å². The number of hydrogen-bond acceptors (Lipinski definition) is 4. The molecule has 0 bridgehead atoms. The second-order valence-electron chi connectivity index (χ2n) is 5.34. The summed E-state index contributed by atoms with van der Waals surface area (Å²) in [5, 5.41) is 6.51. The first-order chi connectivity index (χ1) is 9.49. The lowest BCUT2D eigenvalue weighted by Crippen LogP contribution is -2.27. The third kappa shape index (κ3) is 4.46. The largest absolute Gasteiger partial charge is 0.397 e. The molecule has 0 radical (unpaired) electrons. The van der Waals surface area contributed by atoms with Crippen molar-refractivity contribution < 1.29 is 0 Å². The first-order valence-electron chi connectivity index (χ1n) is 7.13. The predicted molar refractivity (Wildman–Crippen MR) is 86.8 cm³/mol. The number of hydrogen-bond donors (Lipinski definition) is 4. The van der Waals surface area contributed by atoms with E-state index in [1.807, 2.05) is 20.2 Å². The molecule has 0 aliphatic heterocycles. The van der Waals surface area contributed by atoms with E-state index >= 15 is 0 Å². The standard InChI is InChI=1S/C16H28N4/c1-11-5-7-12(2)16(8-6-11)20-10-15(18)14(9-17)13(3)19-4/h5,7,10,16,19-20H,6,8-9,17-18H2,1-4H3/b14-13+,15-10-. The fourth-order valence-electron chi connectivity index (χ4n) is 2.20. The van der Waals surface area contributed by atoms with Crippen LogP contribution < -0.4 is 22.1 Å². The summed E-state index contributed by atoms with van der Waals surface area (Å²) in [4.78, 5) is 0. The number of rotatable bonds is 5. The zero-order valence-electron chi connectivity index (χ0n) is 13.1. The summed E-state index contributed by atoms with van der Waals surface area (Å²) >= 11 is 0. The third-order valence-corrected chi connectivity index (χ3v) is 3.83. The summed E-state index contributed by atoms with van der Waals surface area (Å²) < 4.78 is 0. The highest BCUT2D eigenvalue weighted by Gasteiger charge is 2.12. The van der Waals surface area contributed by atoms with Gasteiger partial charge in [0.25, 0.3) is 0 Å². The normalized spacial score (nSPS) is 21.4. The van der Waals surface area contributed by atoms with Crippen LogP contribution in [0.25, 0.3) is 0 Å². The van der Waals surface area contributed by atoms with Gasteiger partial charge in [-0.2, -0.15) is 0 Å². The highest BCUT2D eigenvalue weighted by atomic mass is 14.9. The summed E-state index contributed by atoms with van der Waals surface area (Å²) in [6.45, 7) is 6.72. The SMILES string of the molecule is CN/C(C)=C(CN)/C(N)=C/NC1CCC(C)=CC=C1C. The van der Waals surface area contributed by atoms with Crippen molar-refractivity contribution in [1.82, 2.24) is 10.6 Å². The van der Waals surface area contributed by atoms with Crippen molar-refractivity contribution in [3.05, 3.63) is 46.5 Å². The molecule has 1 aliphatic carbocycles. The maximum Gasteiger partial charge on any atom is 0.0536 e. The quantitative estimate of drug-likeness (QED) is 0.578. The summed E-state index contributed by atoms with van der Waals surface area (Å²) in [5.41, 5.74) is 17.3. The molecule has 0 aromatic heterocycles. The minimum atomic E-state index is 0.330. The van der Waals surface area contributed by atoms with Gasteiger partial charge in [-0.05, 0) is 33.6 Å². The molecule has 0 aromatic carbocycles. The molecule has 0 fully saturated rings. The van der Waals surface area contributed by atoms with Crippen LogP contribution in [-0.4, -0.2) is 19.6 Å². The Kier molecular flexibility index (Phi) is 6.39. The van der Waals surface area contributed by atoms with E-state index in [0.29, 0.717) is 18.3 Å². The minimum Gasteiger partial charge on any atom is -0.397 e. The average Bonchev–Trinajstić information content (AvgIpc) is 2.59. The molecular weight excluding hydrogens is 248 g/mol. The van der Waals surface area contributed by atoms with Crippen molar-refractivity contribution in [1.29, 1.82) is 0 Å². The van der Waals surface area contributed by atoms with Gasteiger partial charge in [-0.1, -0.05) is 23.3 Å². The van der Waals surface area contributed by atoms with Crippen LogP contribution in [0, 0.1) is 0 Å². The molecule has 0 amide bonds. The van der Waals surface area contributed by atoms with Crippen LogP contribution >= 0.6 is 0 Å². The molecule has 1 unspecified atom stereocenters. The molecule has 112 valence electrons. The molecule has 20 heavy (non-hydrogen) atoms. The molecule has 0 saturated carbocycles. The summed E-state index contributed by atoms with van der Waals surface area (Å²) in [6.07, 6.45) is 8.45. The van der Waals surface area contributed by atoms with E-state index in [1.54, 1.807) is 0 Å². The highest BCUT2D eigenvalue weighted by Crippen LogP contribution is 2.18. The number of nitrogens with two attached hydrogens (primary N) is 2. The van der Waals surface area contributed by atoms with E-state index in [9.17, 15) is 0 Å². The Morgan fingerprint density at radius 2 is 2.10 bits per heavy atom. The van der Waals surface area contributed by atoms with Crippen LogP contribution in [0.4, 0.5) is 0 Å². The monoisotopic (exact) mass is 276 g/mol. The Balaban J connectivity index is 2.77.